The number of urea groups is 1. The summed E-state index contributed by atoms with van der Waals surface area (Å²) in [6.07, 6.45) is 4.22. The number of benzene rings is 1. The van der Waals surface area contributed by atoms with Crippen molar-refractivity contribution in [2.75, 3.05) is 45.9 Å². The van der Waals surface area contributed by atoms with E-state index in [1.807, 2.05) is 36.9 Å². The Morgan fingerprint density at radius 2 is 2.11 bits per heavy atom. The summed E-state index contributed by atoms with van der Waals surface area (Å²) in [7, 11) is 0. The number of halogens is 1. The van der Waals surface area contributed by atoms with Crippen LogP contribution < -0.4 is 5.43 Å². The average molecular weight is 539 g/mol. The molecule has 1 aromatic rings. The number of carbonyl (C=O) groups is 2. The van der Waals surface area contributed by atoms with Crippen molar-refractivity contribution in [2.24, 2.45) is 11.8 Å². The predicted octanol–water partition coefficient (Wildman–Crippen LogP) is 5.49. The van der Waals surface area contributed by atoms with Gasteiger partial charge in [-0.05, 0) is 81.5 Å². The lowest BCUT2D eigenvalue weighted by molar-refractivity contribution is -0.191. The van der Waals surface area contributed by atoms with Crippen LogP contribution in [0.1, 0.15) is 69.6 Å². The molecule has 2 unspecified atom stereocenters. The zero-order valence-electron chi connectivity index (χ0n) is 22.5. The topological polar surface area (TPSA) is 94.6 Å². The van der Waals surface area contributed by atoms with E-state index in [1.165, 1.54) is 6.42 Å². The van der Waals surface area contributed by atoms with Gasteiger partial charge in [0.05, 0.1) is 0 Å². The third kappa shape index (κ3) is 8.46. The molecule has 2 heterocycles. The van der Waals surface area contributed by atoms with Crippen LogP contribution in [0.5, 0.6) is 0 Å². The smallest absolute Gasteiger partial charge is 0.431 e. The Morgan fingerprint density at radius 3 is 2.78 bits per heavy atom. The second-order valence-electron chi connectivity index (χ2n) is 10.0. The van der Waals surface area contributed by atoms with Gasteiger partial charge in [-0.2, -0.15) is 5.06 Å². The molecule has 0 aliphatic carbocycles. The van der Waals surface area contributed by atoms with Crippen molar-refractivity contribution in [2.45, 2.75) is 65.4 Å². The van der Waals surface area contributed by atoms with E-state index in [1.54, 1.807) is 11.9 Å². The number of hydroxylamine groups is 2. The molecule has 1 aromatic carbocycles. The highest BCUT2D eigenvalue weighted by Crippen LogP contribution is 2.36. The number of nitrogens with one attached hydrogen (secondary N) is 1. The van der Waals surface area contributed by atoms with Gasteiger partial charge in [-0.1, -0.05) is 24.6 Å². The molecule has 0 bridgehead atoms. The Kier molecular flexibility index (Phi) is 11.8. The SMILES string of the molecule is CCNN(CCCC1CCCOC1)C(=O)N1CCCC([C@@H](ON(CC)C(=O)O)c2cc(Cl)ccc2C)C1. The molecule has 37 heavy (non-hydrogen) atoms. The molecule has 2 saturated heterocycles. The zero-order valence-corrected chi connectivity index (χ0v) is 23.2. The van der Waals surface area contributed by atoms with E-state index < -0.39 is 12.2 Å². The minimum Gasteiger partial charge on any atom is -0.463 e. The lowest BCUT2D eigenvalue weighted by atomic mass is 9.87. The van der Waals surface area contributed by atoms with Gasteiger partial charge < -0.3 is 14.7 Å². The van der Waals surface area contributed by atoms with Crippen molar-refractivity contribution in [3.63, 3.8) is 0 Å². The number of nitrogens with zero attached hydrogens (tertiary/aromatic N) is 3. The summed E-state index contributed by atoms with van der Waals surface area (Å²) < 4.78 is 5.60. The van der Waals surface area contributed by atoms with Gasteiger partial charge in [-0.15, -0.1) is 0 Å². The third-order valence-corrected chi connectivity index (χ3v) is 7.51. The summed E-state index contributed by atoms with van der Waals surface area (Å²) >= 11 is 6.32. The number of aryl methyl sites for hydroxylation is 1. The molecule has 10 heteroatoms. The quantitative estimate of drug-likeness (QED) is 0.362. The van der Waals surface area contributed by atoms with Gasteiger partial charge in [-0.3, -0.25) is 9.85 Å². The van der Waals surface area contributed by atoms with Crippen molar-refractivity contribution in [3.05, 3.63) is 34.3 Å². The molecule has 2 fully saturated rings. The van der Waals surface area contributed by atoms with Crippen LogP contribution in [0.2, 0.25) is 5.02 Å². The van der Waals surface area contributed by atoms with Crippen LogP contribution in [0.4, 0.5) is 9.59 Å². The lowest BCUT2D eigenvalue weighted by Gasteiger charge is -2.40. The third-order valence-electron chi connectivity index (χ3n) is 7.27. The number of hydrogen-bond donors (Lipinski definition) is 2. The Labute approximate surface area is 225 Å². The number of carbonyl (C=O) groups excluding carboxylic acids is 1. The number of ether oxygens (including phenoxy) is 1. The Bertz CT molecular complexity index is 882. The number of hydrazine groups is 1. The highest BCUT2D eigenvalue weighted by atomic mass is 35.5. The van der Waals surface area contributed by atoms with Gasteiger partial charge in [0.25, 0.3) is 0 Å². The van der Waals surface area contributed by atoms with Crippen molar-refractivity contribution in [3.8, 4) is 0 Å². The first-order valence-corrected chi connectivity index (χ1v) is 14.0. The highest BCUT2D eigenvalue weighted by molar-refractivity contribution is 6.30. The molecule has 3 atom stereocenters. The lowest BCUT2D eigenvalue weighted by Crippen LogP contribution is -2.53. The Morgan fingerprint density at radius 1 is 1.30 bits per heavy atom. The minimum atomic E-state index is -1.14. The molecule has 0 radical (unpaired) electrons. The number of amides is 3. The van der Waals surface area contributed by atoms with Gasteiger partial charge in [0, 0.05) is 56.9 Å². The monoisotopic (exact) mass is 538 g/mol. The average Bonchev–Trinajstić information content (AvgIpc) is 2.90. The van der Waals surface area contributed by atoms with Crippen LogP contribution in [-0.2, 0) is 9.57 Å². The molecule has 2 N–H and O–H groups in total. The Balaban J connectivity index is 1.72. The van der Waals surface area contributed by atoms with Gasteiger partial charge in [0.1, 0.15) is 6.10 Å². The van der Waals surface area contributed by atoms with Crippen LogP contribution in [0.15, 0.2) is 18.2 Å². The summed E-state index contributed by atoms with van der Waals surface area (Å²) in [6.45, 7) is 10.0. The largest absolute Gasteiger partial charge is 0.463 e. The molecule has 0 aromatic heterocycles. The van der Waals surface area contributed by atoms with Crippen LogP contribution in [-0.4, -0.2) is 78.1 Å². The van der Waals surface area contributed by atoms with Gasteiger partial charge >= 0.3 is 12.1 Å². The minimum absolute atomic E-state index is 0.0430. The number of piperidine rings is 1. The molecule has 0 saturated carbocycles. The fourth-order valence-corrected chi connectivity index (χ4v) is 5.50. The number of likely N-dealkylation sites (tertiary alicyclic amines) is 1. The Hall–Kier alpha value is -2.07. The fraction of sp³-hybridized carbons (Fsp3) is 0.704. The van der Waals surface area contributed by atoms with E-state index in [4.69, 9.17) is 21.2 Å². The standard InChI is InChI=1S/C27H43ClN4O5/c1-4-29-31(15-6-9-21-10-8-16-36-19-21)26(33)30-14-7-11-22(18-30)25(37-32(5-2)27(34)35)24-17-23(28)13-12-20(24)3/h12-13,17,21-22,25,29H,4-11,14-16,18-19H2,1-3H3,(H,34,35)/t21?,22?,25-/m1/s1. The summed E-state index contributed by atoms with van der Waals surface area (Å²) in [5.41, 5.74) is 5.07. The number of rotatable bonds is 11. The highest BCUT2D eigenvalue weighted by Gasteiger charge is 2.35. The van der Waals surface area contributed by atoms with Crippen LogP contribution >= 0.6 is 11.6 Å². The first-order valence-electron chi connectivity index (χ1n) is 13.6. The van der Waals surface area contributed by atoms with Gasteiger partial charge in [0.15, 0.2) is 0 Å². The fourth-order valence-electron chi connectivity index (χ4n) is 5.31. The van der Waals surface area contributed by atoms with Crippen LogP contribution in [0.25, 0.3) is 0 Å². The summed E-state index contributed by atoms with van der Waals surface area (Å²) in [4.78, 5) is 33.3. The van der Waals surface area contributed by atoms with E-state index in [2.05, 4.69) is 5.43 Å². The molecular formula is C27H43ClN4O5. The summed E-state index contributed by atoms with van der Waals surface area (Å²) in [5, 5.41) is 12.9. The van der Waals surface area contributed by atoms with E-state index >= 15 is 0 Å². The van der Waals surface area contributed by atoms with Gasteiger partial charge in [0.2, 0.25) is 0 Å². The van der Waals surface area contributed by atoms with Crippen molar-refractivity contribution in [1.82, 2.24) is 20.4 Å². The second-order valence-corrected chi connectivity index (χ2v) is 10.5. The summed E-state index contributed by atoms with van der Waals surface area (Å²) in [5.74, 6) is 0.493. The number of carboxylic acid groups (broad SMARTS) is 1. The van der Waals surface area contributed by atoms with Crippen LogP contribution in [0.3, 0.4) is 0 Å². The molecule has 208 valence electrons. The molecular weight excluding hydrogens is 496 g/mol. The molecule has 9 nitrogen and oxygen atoms in total. The van der Waals surface area contributed by atoms with Gasteiger partial charge in [-0.25, -0.2) is 15.0 Å². The summed E-state index contributed by atoms with van der Waals surface area (Å²) in [6, 6.07) is 5.54. The molecule has 3 amide bonds. The van der Waals surface area contributed by atoms with Crippen molar-refractivity contribution in [1.29, 1.82) is 0 Å². The van der Waals surface area contributed by atoms with Crippen molar-refractivity contribution >= 4 is 23.7 Å². The van der Waals surface area contributed by atoms with E-state index in [-0.39, 0.29) is 18.5 Å². The molecule has 2 aliphatic heterocycles. The number of hydrogen-bond acceptors (Lipinski definition) is 5. The maximum absolute atomic E-state index is 13.6. The zero-order chi connectivity index (χ0) is 26.8. The van der Waals surface area contributed by atoms with E-state index in [0.29, 0.717) is 37.1 Å². The maximum atomic E-state index is 13.6. The maximum Gasteiger partial charge on any atom is 0.431 e. The van der Waals surface area contributed by atoms with Crippen LogP contribution in [0, 0.1) is 18.8 Å². The molecule has 0 spiro atoms. The molecule has 2 aliphatic rings. The first kappa shape index (κ1) is 29.5. The van der Waals surface area contributed by atoms with E-state index in [9.17, 15) is 14.7 Å². The normalized spacial score (nSPS) is 20.9. The van der Waals surface area contributed by atoms with E-state index in [0.717, 1.165) is 61.5 Å². The first-order chi connectivity index (χ1) is 17.8. The van der Waals surface area contributed by atoms with Crippen molar-refractivity contribution < 1.29 is 24.3 Å². The second kappa shape index (κ2) is 14.8. The molecule has 3 rings (SSSR count). The predicted molar refractivity (Wildman–Crippen MR) is 143 cm³/mol.